The first-order valence-corrected chi connectivity index (χ1v) is 7.91. The summed E-state index contributed by atoms with van der Waals surface area (Å²) in [5.74, 6) is 0.595. The van der Waals surface area contributed by atoms with Gasteiger partial charge in [0.15, 0.2) is 5.78 Å². The van der Waals surface area contributed by atoms with Gasteiger partial charge in [0.1, 0.15) is 5.75 Å². The fourth-order valence-corrected chi connectivity index (χ4v) is 3.00. The van der Waals surface area contributed by atoms with Crippen LogP contribution in [0.2, 0.25) is 5.02 Å². The average Bonchev–Trinajstić information content (AvgIpc) is 2.40. The molecule has 0 N–H and O–H groups in total. The van der Waals surface area contributed by atoms with Crippen molar-refractivity contribution in [3.63, 3.8) is 0 Å². The van der Waals surface area contributed by atoms with Gasteiger partial charge in [-0.15, -0.1) is 0 Å². The molecule has 0 aliphatic carbocycles. The Kier molecular flexibility index (Phi) is 5.24. The van der Waals surface area contributed by atoms with Crippen LogP contribution in [0.4, 0.5) is 0 Å². The largest absolute Gasteiger partial charge is 0.493 e. The second-order valence-corrected chi connectivity index (χ2v) is 6.21. The quantitative estimate of drug-likeness (QED) is 0.614. The van der Waals surface area contributed by atoms with Crippen molar-refractivity contribution in [2.24, 2.45) is 0 Å². The number of benzene rings is 2. The highest BCUT2D eigenvalue weighted by Crippen LogP contribution is 2.29. The molecule has 0 unspecified atom stereocenters. The van der Waals surface area contributed by atoms with Crippen molar-refractivity contribution in [1.29, 1.82) is 0 Å². The van der Waals surface area contributed by atoms with Gasteiger partial charge in [-0.2, -0.15) is 0 Å². The summed E-state index contributed by atoms with van der Waals surface area (Å²) < 4.78 is 7.01. The molecule has 2 nitrogen and oxygen atoms in total. The van der Waals surface area contributed by atoms with E-state index in [0.29, 0.717) is 28.5 Å². The van der Waals surface area contributed by atoms with Gasteiger partial charge >= 0.3 is 0 Å². The lowest BCUT2D eigenvalue weighted by Gasteiger charge is -2.08. The zero-order valence-electron chi connectivity index (χ0n) is 10.6. The van der Waals surface area contributed by atoms with E-state index >= 15 is 0 Å². The van der Waals surface area contributed by atoms with Gasteiger partial charge in [-0.25, -0.2) is 0 Å². The molecule has 0 radical (unpaired) electrons. The summed E-state index contributed by atoms with van der Waals surface area (Å²) >= 11 is 12.8. The number of rotatable bonds is 4. The lowest BCUT2D eigenvalue weighted by molar-refractivity contribution is 0.103. The highest BCUT2D eigenvalue weighted by molar-refractivity contribution is 9.10. The predicted octanol–water partition coefficient (Wildman–Crippen LogP) is 5.49. The van der Waals surface area contributed by atoms with Crippen LogP contribution in [-0.4, -0.2) is 12.4 Å². The Morgan fingerprint density at radius 3 is 2.55 bits per heavy atom. The first-order valence-electron chi connectivity index (χ1n) is 5.95. The molecule has 0 atom stereocenters. The first-order chi connectivity index (χ1) is 9.52. The molecule has 0 saturated heterocycles. The second-order valence-electron chi connectivity index (χ2n) is 4.03. The third-order valence-corrected chi connectivity index (χ3v) is 4.10. The van der Waals surface area contributed by atoms with E-state index in [1.165, 1.54) is 0 Å². The van der Waals surface area contributed by atoms with Crippen molar-refractivity contribution in [2.45, 2.75) is 6.92 Å². The van der Waals surface area contributed by atoms with Gasteiger partial charge in [-0.3, -0.25) is 4.79 Å². The molecule has 0 aliphatic rings. The topological polar surface area (TPSA) is 26.3 Å². The lowest BCUT2D eigenvalue weighted by atomic mass is 10.0. The molecule has 20 heavy (non-hydrogen) atoms. The van der Waals surface area contributed by atoms with Crippen molar-refractivity contribution < 1.29 is 9.53 Å². The Morgan fingerprint density at radius 2 is 1.95 bits per heavy atom. The standard InChI is InChI=1S/C15H11Br2ClO2/c1-2-20-14-6-3-9(7-12(14)17)15(19)11-5-4-10(16)8-13(11)18/h3-8H,2H2,1H3. The van der Waals surface area contributed by atoms with E-state index < -0.39 is 0 Å². The summed E-state index contributed by atoms with van der Waals surface area (Å²) in [5, 5.41) is 0.425. The second kappa shape index (κ2) is 6.74. The van der Waals surface area contributed by atoms with Crippen LogP contribution in [0, 0.1) is 0 Å². The van der Waals surface area contributed by atoms with Gasteiger partial charge in [0, 0.05) is 15.6 Å². The third-order valence-electron chi connectivity index (χ3n) is 2.67. The molecule has 0 aromatic heterocycles. The molecule has 2 aromatic rings. The SMILES string of the molecule is CCOc1ccc(C(=O)c2ccc(Br)cc2Cl)cc1Br. The minimum absolute atomic E-state index is 0.119. The van der Waals surface area contributed by atoms with Crippen LogP contribution in [0.15, 0.2) is 45.3 Å². The number of ketones is 1. The zero-order valence-corrected chi connectivity index (χ0v) is 14.5. The Morgan fingerprint density at radius 1 is 1.20 bits per heavy atom. The predicted molar refractivity (Wildman–Crippen MR) is 87.9 cm³/mol. The minimum atomic E-state index is -0.119. The molecule has 0 amide bonds. The Bertz CT molecular complexity index is 656. The maximum absolute atomic E-state index is 12.4. The minimum Gasteiger partial charge on any atom is -0.493 e. The zero-order chi connectivity index (χ0) is 14.7. The van der Waals surface area contributed by atoms with Crippen LogP contribution in [-0.2, 0) is 0 Å². The fraction of sp³-hybridized carbons (Fsp3) is 0.133. The highest BCUT2D eigenvalue weighted by atomic mass is 79.9. The van der Waals surface area contributed by atoms with E-state index in [2.05, 4.69) is 31.9 Å². The summed E-state index contributed by atoms with van der Waals surface area (Å²) in [5.41, 5.74) is 1.04. The lowest BCUT2D eigenvalue weighted by Crippen LogP contribution is -2.03. The van der Waals surface area contributed by atoms with E-state index in [-0.39, 0.29) is 5.78 Å². The molecule has 5 heteroatoms. The van der Waals surface area contributed by atoms with Gasteiger partial charge in [0.2, 0.25) is 0 Å². The third kappa shape index (κ3) is 3.43. The molecule has 0 spiro atoms. The summed E-state index contributed by atoms with van der Waals surface area (Å²) in [6.07, 6.45) is 0. The van der Waals surface area contributed by atoms with Crippen molar-refractivity contribution >= 4 is 49.2 Å². The molecule has 0 heterocycles. The average molecular weight is 419 g/mol. The first kappa shape index (κ1) is 15.5. The maximum Gasteiger partial charge on any atom is 0.194 e. The van der Waals surface area contributed by atoms with E-state index in [4.69, 9.17) is 16.3 Å². The van der Waals surface area contributed by atoms with Crippen molar-refractivity contribution in [1.82, 2.24) is 0 Å². The van der Waals surface area contributed by atoms with Crippen LogP contribution in [0.5, 0.6) is 5.75 Å². The summed E-state index contributed by atoms with van der Waals surface area (Å²) in [6, 6.07) is 10.5. The van der Waals surface area contributed by atoms with Gasteiger partial charge in [-0.1, -0.05) is 27.5 Å². The number of halogens is 3. The normalized spacial score (nSPS) is 10.4. The molecule has 2 rings (SSSR count). The molecule has 0 fully saturated rings. The Labute approximate surface area is 139 Å². The number of hydrogen-bond donors (Lipinski definition) is 0. The number of hydrogen-bond acceptors (Lipinski definition) is 2. The number of ether oxygens (including phenoxy) is 1. The molecule has 0 saturated carbocycles. The van der Waals surface area contributed by atoms with Crippen LogP contribution in [0.3, 0.4) is 0 Å². The molecule has 0 bridgehead atoms. The summed E-state index contributed by atoms with van der Waals surface area (Å²) in [4.78, 5) is 12.4. The highest BCUT2D eigenvalue weighted by Gasteiger charge is 2.14. The van der Waals surface area contributed by atoms with Crippen molar-refractivity contribution in [2.75, 3.05) is 6.61 Å². The van der Waals surface area contributed by atoms with Gasteiger partial charge in [0.25, 0.3) is 0 Å². The van der Waals surface area contributed by atoms with Crippen LogP contribution in [0.25, 0.3) is 0 Å². The van der Waals surface area contributed by atoms with Crippen LogP contribution < -0.4 is 4.74 Å². The van der Waals surface area contributed by atoms with Crippen molar-refractivity contribution in [3.05, 3.63) is 61.5 Å². The van der Waals surface area contributed by atoms with Crippen LogP contribution in [0.1, 0.15) is 22.8 Å². The van der Waals surface area contributed by atoms with Gasteiger partial charge in [-0.05, 0) is 59.3 Å². The molecule has 0 aliphatic heterocycles. The monoisotopic (exact) mass is 416 g/mol. The fourth-order valence-electron chi connectivity index (χ4n) is 1.74. The Hall–Kier alpha value is -0.840. The van der Waals surface area contributed by atoms with Gasteiger partial charge < -0.3 is 4.74 Å². The van der Waals surface area contributed by atoms with E-state index in [1.54, 1.807) is 36.4 Å². The summed E-state index contributed by atoms with van der Waals surface area (Å²) in [7, 11) is 0. The van der Waals surface area contributed by atoms with Gasteiger partial charge in [0.05, 0.1) is 16.1 Å². The Balaban J connectivity index is 2.36. The molecular formula is C15H11Br2ClO2. The van der Waals surface area contributed by atoms with E-state index in [9.17, 15) is 4.79 Å². The smallest absolute Gasteiger partial charge is 0.194 e. The maximum atomic E-state index is 12.4. The molecular weight excluding hydrogens is 407 g/mol. The molecule has 2 aromatic carbocycles. The van der Waals surface area contributed by atoms with Crippen molar-refractivity contribution in [3.8, 4) is 5.75 Å². The van der Waals surface area contributed by atoms with E-state index in [1.807, 2.05) is 6.92 Å². The number of carbonyl (C=O) groups is 1. The van der Waals surface area contributed by atoms with Crippen LogP contribution >= 0.6 is 43.5 Å². The number of carbonyl (C=O) groups excluding carboxylic acids is 1. The molecule has 104 valence electrons. The van der Waals surface area contributed by atoms with E-state index in [0.717, 1.165) is 8.95 Å². The summed E-state index contributed by atoms with van der Waals surface area (Å²) in [6.45, 7) is 2.48.